The molecule has 0 saturated carbocycles. The number of aromatic nitrogens is 2. The molecule has 6 heteroatoms. The van der Waals surface area contributed by atoms with Crippen LogP contribution in [-0.2, 0) is 20.7 Å². The molecule has 1 aromatic heterocycles. The first-order valence-electron chi connectivity index (χ1n) is 10.9. The van der Waals surface area contributed by atoms with Gasteiger partial charge in [-0.25, -0.2) is 14.8 Å². The Morgan fingerprint density at radius 2 is 1.70 bits per heavy atom. The maximum atomic E-state index is 12.2. The Kier molecular flexibility index (Phi) is 7.94. The number of hydrogen-bond acceptors (Lipinski definition) is 6. The third-order valence-corrected chi connectivity index (χ3v) is 5.14. The van der Waals surface area contributed by atoms with E-state index < -0.39 is 17.9 Å². The highest BCUT2D eigenvalue weighted by Crippen LogP contribution is 2.25. The Hall–Kier alpha value is -2.31. The minimum absolute atomic E-state index is 0.201. The van der Waals surface area contributed by atoms with Crippen LogP contribution < -0.4 is 4.74 Å². The number of carbonyl (C=O) groups excluding carboxylic acids is 1. The molecule has 3 rings (SSSR count). The van der Waals surface area contributed by atoms with Crippen molar-refractivity contribution < 1.29 is 19.0 Å². The van der Waals surface area contributed by atoms with Crippen molar-refractivity contribution in [1.29, 1.82) is 0 Å². The molecule has 0 aliphatic carbocycles. The molecule has 2 aromatic rings. The van der Waals surface area contributed by atoms with Crippen molar-refractivity contribution in [2.75, 3.05) is 6.61 Å². The van der Waals surface area contributed by atoms with Gasteiger partial charge >= 0.3 is 5.97 Å². The summed E-state index contributed by atoms with van der Waals surface area (Å²) in [6.45, 7) is 5.98. The number of carbonyl (C=O) groups is 1. The quantitative estimate of drug-likeness (QED) is 0.307. The molecule has 1 fully saturated rings. The lowest BCUT2D eigenvalue weighted by Crippen LogP contribution is -2.30. The highest BCUT2D eigenvalue weighted by molar-refractivity contribution is 5.78. The molecule has 1 aromatic carbocycles. The van der Waals surface area contributed by atoms with Gasteiger partial charge in [-0.1, -0.05) is 51.2 Å². The number of rotatable bonds is 10. The summed E-state index contributed by atoms with van der Waals surface area (Å²) in [4.78, 5) is 21.2. The van der Waals surface area contributed by atoms with Crippen LogP contribution in [0.25, 0.3) is 11.1 Å². The van der Waals surface area contributed by atoms with Gasteiger partial charge in [-0.3, -0.25) is 0 Å². The molecule has 1 unspecified atom stereocenters. The largest absolute Gasteiger partial charge is 0.425 e. The molecule has 0 radical (unpaired) electrons. The van der Waals surface area contributed by atoms with E-state index in [4.69, 9.17) is 14.2 Å². The van der Waals surface area contributed by atoms with Gasteiger partial charge in [0.25, 0.3) is 0 Å². The van der Waals surface area contributed by atoms with Crippen molar-refractivity contribution in [1.82, 2.24) is 9.97 Å². The van der Waals surface area contributed by atoms with Crippen molar-refractivity contribution in [3.8, 4) is 16.9 Å². The van der Waals surface area contributed by atoms with Crippen LogP contribution >= 0.6 is 0 Å². The molecular formula is C24H32N2O4. The van der Waals surface area contributed by atoms with Gasteiger partial charge in [-0.15, -0.1) is 0 Å². The van der Waals surface area contributed by atoms with Gasteiger partial charge in [-0.2, -0.15) is 0 Å². The van der Waals surface area contributed by atoms with E-state index in [1.54, 1.807) is 26.0 Å². The molecule has 1 atom stereocenters. The van der Waals surface area contributed by atoms with E-state index in [1.807, 2.05) is 24.5 Å². The van der Waals surface area contributed by atoms with Gasteiger partial charge in [0.2, 0.25) is 0 Å². The molecule has 0 N–H and O–H groups in total. The van der Waals surface area contributed by atoms with E-state index >= 15 is 0 Å². The standard InChI is InChI=1S/C24H32N2O4/c1-4-5-6-7-8-9-10-22-25-15-19(16-26-22)18-11-13-20(14-12-18)29-23(27)21-17-28-24(2,3)30-21/h11-16,21H,4-10,17H2,1-3H3. The van der Waals surface area contributed by atoms with Crippen molar-refractivity contribution in [2.45, 2.75) is 77.6 Å². The minimum atomic E-state index is -0.755. The predicted octanol–water partition coefficient (Wildman–Crippen LogP) is 5.10. The Morgan fingerprint density at radius 3 is 2.33 bits per heavy atom. The van der Waals surface area contributed by atoms with Gasteiger partial charge in [0.05, 0.1) is 6.61 Å². The fourth-order valence-electron chi connectivity index (χ4n) is 3.40. The molecule has 30 heavy (non-hydrogen) atoms. The van der Waals surface area contributed by atoms with Crippen LogP contribution in [0, 0.1) is 0 Å². The van der Waals surface area contributed by atoms with Gasteiger partial charge in [0.15, 0.2) is 11.9 Å². The molecule has 2 heterocycles. The summed E-state index contributed by atoms with van der Waals surface area (Å²) in [5, 5.41) is 0. The molecule has 0 bridgehead atoms. The van der Waals surface area contributed by atoms with Gasteiger partial charge in [0.1, 0.15) is 11.6 Å². The van der Waals surface area contributed by atoms with E-state index in [-0.39, 0.29) is 6.61 Å². The second-order valence-corrected chi connectivity index (χ2v) is 8.17. The van der Waals surface area contributed by atoms with Crippen LogP contribution in [-0.4, -0.2) is 34.4 Å². The summed E-state index contributed by atoms with van der Waals surface area (Å²) in [6, 6.07) is 7.31. The van der Waals surface area contributed by atoms with Crippen LogP contribution in [0.2, 0.25) is 0 Å². The SMILES string of the molecule is CCCCCCCCc1ncc(-c2ccc(OC(=O)C3COC(C)(C)O3)cc2)cn1. The highest BCUT2D eigenvalue weighted by Gasteiger charge is 2.38. The van der Waals surface area contributed by atoms with E-state index in [2.05, 4.69) is 16.9 Å². The lowest BCUT2D eigenvalue weighted by atomic mass is 10.1. The monoisotopic (exact) mass is 412 g/mol. The van der Waals surface area contributed by atoms with Crippen LogP contribution in [0.3, 0.4) is 0 Å². The molecule has 162 valence electrons. The summed E-state index contributed by atoms with van der Waals surface area (Å²) in [7, 11) is 0. The van der Waals surface area contributed by atoms with Crippen molar-refractivity contribution >= 4 is 5.97 Å². The number of nitrogens with zero attached hydrogens (tertiary/aromatic N) is 2. The van der Waals surface area contributed by atoms with Gasteiger partial charge in [0, 0.05) is 24.4 Å². The zero-order valence-corrected chi connectivity index (χ0v) is 18.2. The fraction of sp³-hybridized carbons (Fsp3) is 0.542. The maximum absolute atomic E-state index is 12.2. The average molecular weight is 413 g/mol. The number of benzene rings is 1. The molecular weight excluding hydrogens is 380 g/mol. The lowest BCUT2D eigenvalue weighted by molar-refractivity contribution is -0.162. The summed E-state index contributed by atoms with van der Waals surface area (Å²) >= 11 is 0. The van der Waals surface area contributed by atoms with E-state index in [1.165, 1.54) is 32.1 Å². The van der Waals surface area contributed by atoms with Crippen LogP contribution in [0.5, 0.6) is 5.75 Å². The molecule has 1 aliphatic rings. The predicted molar refractivity (Wildman–Crippen MR) is 115 cm³/mol. The molecule has 1 aliphatic heterocycles. The molecule has 6 nitrogen and oxygen atoms in total. The first-order chi connectivity index (χ1) is 14.5. The number of esters is 1. The fourth-order valence-corrected chi connectivity index (χ4v) is 3.40. The van der Waals surface area contributed by atoms with Crippen LogP contribution in [0.4, 0.5) is 0 Å². The maximum Gasteiger partial charge on any atom is 0.343 e. The van der Waals surface area contributed by atoms with Crippen molar-refractivity contribution in [2.24, 2.45) is 0 Å². The van der Waals surface area contributed by atoms with Crippen LogP contribution in [0.1, 0.15) is 65.1 Å². The van der Waals surface area contributed by atoms with Gasteiger partial charge in [-0.05, 0) is 38.0 Å². The smallest absolute Gasteiger partial charge is 0.343 e. The highest BCUT2D eigenvalue weighted by atomic mass is 16.8. The molecule has 1 saturated heterocycles. The molecule has 0 spiro atoms. The minimum Gasteiger partial charge on any atom is -0.425 e. The summed E-state index contributed by atoms with van der Waals surface area (Å²) in [5.41, 5.74) is 1.91. The molecule has 0 amide bonds. The van der Waals surface area contributed by atoms with Crippen molar-refractivity contribution in [3.63, 3.8) is 0 Å². The Morgan fingerprint density at radius 1 is 1.03 bits per heavy atom. The van der Waals surface area contributed by atoms with Gasteiger partial charge < -0.3 is 14.2 Å². The second-order valence-electron chi connectivity index (χ2n) is 8.17. The number of hydrogen-bond donors (Lipinski definition) is 0. The Bertz CT molecular complexity index is 803. The average Bonchev–Trinajstić information content (AvgIpc) is 3.11. The lowest BCUT2D eigenvalue weighted by Gasteiger charge is -2.16. The second kappa shape index (κ2) is 10.6. The zero-order valence-electron chi connectivity index (χ0n) is 18.2. The summed E-state index contributed by atoms with van der Waals surface area (Å²) < 4.78 is 16.3. The van der Waals surface area contributed by atoms with Crippen molar-refractivity contribution in [3.05, 3.63) is 42.5 Å². The first kappa shape index (κ1) is 22.4. The third kappa shape index (κ3) is 6.61. The zero-order chi connectivity index (χ0) is 21.4. The number of unbranched alkanes of at least 4 members (excludes halogenated alkanes) is 5. The topological polar surface area (TPSA) is 70.5 Å². The third-order valence-electron chi connectivity index (χ3n) is 5.14. The number of aryl methyl sites for hydroxylation is 1. The summed E-state index contributed by atoms with van der Waals surface area (Å²) in [5.74, 6) is 0.157. The summed E-state index contributed by atoms with van der Waals surface area (Å²) in [6.07, 6.45) is 11.5. The van der Waals surface area contributed by atoms with E-state index in [9.17, 15) is 4.79 Å². The Balaban J connectivity index is 1.48. The van der Waals surface area contributed by atoms with E-state index in [0.29, 0.717) is 5.75 Å². The van der Waals surface area contributed by atoms with Crippen LogP contribution in [0.15, 0.2) is 36.7 Å². The normalized spacial score (nSPS) is 17.8. The Labute approximate surface area is 179 Å². The number of ether oxygens (including phenoxy) is 3. The van der Waals surface area contributed by atoms with E-state index in [0.717, 1.165) is 29.8 Å². The first-order valence-corrected chi connectivity index (χ1v) is 10.9.